The fraction of sp³-hybridized carbons (Fsp3) is 0.618. The minimum atomic E-state index is -4.00. The van der Waals surface area contributed by atoms with Crippen molar-refractivity contribution in [2.45, 2.75) is 119 Å². The van der Waals surface area contributed by atoms with Gasteiger partial charge in [0.25, 0.3) is 5.91 Å². The van der Waals surface area contributed by atoms with Crippen molar-refractivity contribution >= 4 is 39.9 Å². The van der Waals surface area contributed by atoms with Crippen molar-refractivity contribution in [2.24, 2.45) is 5.92 Å². The standard InChI is InChI=1S/C34H43F2N5O9S/c1-20(2)49-31(45)37-26-12-14-33(35,36)13-6-5-9-23-16-34(23,30(44)39-51(47,48)25-10-11-25)38-28(42)27-15-24(19-41(27)29(26)43)50-32(46)40-17-21-7-3-4-8-22(21)18-40/h3-5,7-9,20,23-27H,6,10-19H2,1-2H3,(H,37,45)(H,38,42)(H,39,44)/b9-5-/t23-,24+,26-,27-,34+/m0/s1. The summed E-state index contributed by atoms with van der Waals surface area (Å²) in [6, 6.07) is 4.59. The van der Waals surface area contributed by atoms with Crippen LogP contribution in [0.2, 0.25) is 0 Å². The first-order chi connectivity index (χ1) is 24.1. The van der Waals surface area contributed by atoms with E-state index < -0.39 is 106 Å². The van der Waals surface area contributed by atoms with Crippen molar-refractivity contribution in [3.8, 4) is 0 Å². The topological polar surface area (TPSA) is 181 Å². The number of rotatable bonds is 6. The first-order valence-electron chi connectivity index (χ1n) is 17.3. The number of halogens is 2. The van der Waals surface area contributed by atoms with Crippen molar-refractivity contribution in [1.29, 1.82) is 0 Å². The van der Waals surface area contributed by atoms with E-state index in [1.54, 1.807) is 13.8 Å². The van der Waals surface area contributed by atoms with Gasteiger partial charge in [-0.25, -0.2) is 26.8 Å². The molecule has 1 saturated heterocycles. The smallest absolute Gasteiger partial charge is 0.410 e. The molecular weight excluding hydrogens is 692 g/mol. The van der Waals surface area contributed by atoms with E-state index in [-0.39, 0.29) is 25.8 Å². The number of sulfonamides is 1. The van der Waals surface area contributed by atoms with Gasteiger partial charge in [-0.1, -0.05) is 36.4 Å². The number of amides is 5. The maximum absolute atomic E-state index is 15.1. The number of carbonyl (C=O) groups is 5. The van der Waals surface area contributed by atoms with Crippen molar-refractivity contribution in [3.63, 3.8) is 0 Å². The first kappa shape index (κ1) is 36.5. The maximum atomic E-state index is 15.1. The third kappa shape index (κ3) is 8.28. The molecule has 0 aromatic heterocycles. The molecule has 6 rings (SSSR count). The van der Waals surface area contributed by atoms with Crippen LogP contribution < -0.4 is 15.4 Å². The second-order valence-corrected chi connectivity index (χ2v) is 16.3. The Morgan fingerprint density at radius 1 is 1.04 bits per heavy atom. The monoisotopic (exact) mass is 735 g/mol. The Labute approximate surface area is 294 Å². The number of alkyl halides is 2. The highest BCUT2D eigenvalue weighted by molar-refractivity contribution is 7.91. The van der Waals surface area contributed by atoms with Gasteiger partial charge in [0, 0.05) is 38.3 Å². The average molecular weight is 736 g/mol. The molecular formula is C34H43F2N5O9S. The molecule has 17 heteroatoms. The second-order valence-electron chi connectivity index (χ2n) is 14.3. The number of nitrogens with zero attached hydrogens (tertiary/aromatic N) is 2. The van der Waals surface area contributed by atoms with Crippen molar-refractivity contribution in [1.82, 2.24) is 25.2 Å². The van der Waals surface area contributed by atoms with Gasteiger partial charge in [-0.3, -0.25) is 24.0 Å². The molecule has 1 aromatic rings. The summed E-state index contributed by atoms with van der Waals surface area (Å²) in [6.07, 6.45) is -1.70. The van der Waals surface area contributed by atoms with Crippen LogP contribution in [-0.2, 0) is 47.0 Å². The van der Waals surface area contributed by atoms with Crippen LogP contribution in [0.5, 0.6) is 0 Å². The van der Waals surface area contributed by atoms with E-state index in [0.29, 0.717) is 25.9 Å². The molecule has 0 bridgehead atoms. The highest BCUT2D eigenvalue weighted by Crippen LogP contribution is 2.46. The summed E-state index contributed by atoms with van der Waals surface area (Å²) in [7, 11) is -4.00. The van der Waals surface area contributed by atoms with Crippen LogP contribution in [0.15, 0.2) is 36.4 Å². The molecule has 278 valence electrons. The minimum absolute atomic E-state index is 0.00250. The van der Waals surface area contributed by atoms with Crippen molar-refractivity contribution in [2.75, 3.05) is 6.54 Å². The number of carbonyl (C=O) groups excluding carboxylic acids is 5. The zero-order valence-electron chi connectivity index (χ0n) is 28.4. The molecule has 3 N–H and O–H groups in total. The molecule has 0 radical (unpaired) electrons. The summed E-state index contributed by atoms with van der Waals surface area (Å²) in [5, 5.41) is 4.33. The van der Waals surface area contributed by atoms with Crippen LogP contribution in [0, 0.1) is 5.92 Å². The van der Waals surface area contributed by atoms with Gasteiger partial charge in [-0.15, -0.1) is 0 Å². The molecule has 2 aliphatic carbocycles. The average Bonchev–Trinajstić information content (AvgIpc) is 3.94. The SMILES string of the molecule is CC(C)OC(=O)N[C@H]1CCC(F)(F)CC/C=C\[C@H]2C[C@@]2(C(=O)NS(=O)(=O)C2CC2)NC(=O)[C@@H]2C[C@@H](OC(=O)N3Cc4ccccc4C3)CN2C1=O. The summed E-state index contributed by atoms with van der Waals surface area (Å²) in [5.41, 5.74) is 0.173. The van der Waals surface area contributed by atoms with E-state index in [0.717, 1.165) is 16.0 Å². The number of hydrogen-bond donors (Lipinski definition) is 3. The summed E-state index contributed by atoms with van der Waals surface area (Å²) >= 11 is 0. The van der Waals surface area contributed by atoms with Gasteiger partial charge in [0.15, 0.2) is 0 Å². The molecule has 0 spiro atoms. The van der Waals surface area contributed by atoms with Crippen LogP contribution in [-0.4, -0.2) is 95.7 Å². The fourth-order valence-corrected chi connectivity index (χ4v) is 8.27. The Morgan fingerprint density at radius 2 is 1.73 bits per heavy atom. The lowest BCUT2D eigenvalue weighted by atomic mass is 10.0. The van der Waals surface area contributed by atoms with Gasteiger partial charge in [0.1, 0.15) is 23.7 Å². The molecule has 3 heterocycles. The third-order valence-corrected chi connectivity index (χ3v) is 11.8. The molecule has 5 aliphatic rings. The van der Waals surface area contributed by atoms with Gasteiger partial charge in [0.2, 0.25) is 27.8 Å². The van der Waals surface area contributed by atoms with Crippen LogP contribution in [0.1, 0.15) is 76.3 Å². The quantitative estimate of drug-likeness (QED) is 0.371. The molecule has 5 amide bonds. The Balaban J connectivity index is 1.28. The summed E-state index contributed by atoms with van der Waals surface area (Å²) in [5.74, 6) is -6.61. The van der Waals surface area contributed by atoms with Gasteiger partial charge >= 0.3 is 12.2 Å². The molecule has 5 atom stereocenters. The molecule has 0 unspecified atom stereocenters. The van der Waals surface area contributed by atoms with Gasteiger partial charge < -0.3 is 25.0 Å². The lowest BCUT2D eigenvalue weighted by Gasteiger charge is -2.30. The number of fused-ring (bicyclic) bond motifs is 3. The minimum Gasteiger partial charge on any atom is -0.447 e. The van der Waals surface area contributed by atoms with Gasteiger partial charge in [-0.2, -0.15) is 0 Å². The Morgan fingerprint density at radius 3 is 2.37 bits per heavy atom. The van der Waals surface area contributed by atoms with E-state index in [1.807, 2.05) is 24.3 Å². The van der Waals surface area contributed by atoms with Gasteiger partial charge in [-0.05, 0) is 57.1 Å². The summed E-state index contributed by atoms with van der Waals surface area (Å²) in [4.78, 5) is 70.3. The van der Waals surface area contributed by atoms with Crippen molar-refractivity contribution in [3.05, 3.63) is 47.5 Å². The van der Waals surface area contributed by atoms with Crippen LogP contribution in [0.4, 0.5) is 18.4 Å². The number of allylic oxidation sites excluding steroid dienone is 1. The molecule has 2 saturated carbocycles. The Hall–Kier alpha value is -4.28. The van der Waals surface area contributed by atoms with Crippen LogP contribution in [0.25, 0.3) is 0 Å². The Kier molecular flexibility index (Phi) is 10.0. The third-order valence-electron chi connectivity index (χ3n) is 9.96. The Bertz CT molecular complexity index is 1690. The lowest BCUT2D eigenvalue weighted by Crippen LogP contribution is -2.58. The summed E-state index contributed by atoms with van der Waals surface area (Å²) < 4.78 is 68.6. The molecule has 14 nitrogen and oxygen atoms in total. The normalized spacial score (nSPS) is 29.7. The van der Waals surface area contributed by atoms with E-state index in [4.69, 9.17) is 9.47 Å². The zero-order chi connectivity index (χ0) is 36.7. The highest BCUT2D eigenvalue weighted by Gasteiger charge is 2.62. The first-order valence-corrected chi connectivity index (χ1v) is 18.8. The molecule has 3 fully saturated rings. The number of alkyl carbamates (subject to hydrolysis) is 1. The van der Waals surface area contributed by atoms with E-state index in [1.165, 1.54) is 17.1 Å². The van der Waals surface area contributed by atoms with Gasteiger partial charge in [0.05, 0.1) is 17.9 Å². The van der Waals surface area contributed by atoms with Crippen LogP contribution in [0.3, 0.4) is 0 Å². The predicted octanol–water partition coefficient (Wildman–Crippen LogP) is 2.86. The van der Waals surface area contributed by atoms with Crippen molar-refractivity contribution < 1.29 is 50.6 Å². The maximum Gasteiger partial charge on any atom is 0.410 e. The highest BCUT2D eigenvalue weighted by atomic mass is 32.2. The lowest BCUT2D eigenvalue weighted by molar-refractivity contribution is -0.141. The van der Waals surface area contributed by atoms with Crippen LogP contribution >= 0.6 is 0 Å². The number of nitrogens with one attached hydrogen (secondary N) is 3. The summed E-state index contributed by atoms with van der Waals surface area (Å²) in [6.45, 7) is 3.43. The van der Waals surface area contributed by atoms with E-state index >= 15 is 8.78 Å². The molecule has 1 aromatic carbocycles. The predicted molar refractivity (Wildman–Crippen MR) is 176 cm³/mol. The zero-order valence-corrected chi connectivity index (χ0v) is 29.3. The fourth-order valence-electron chi connectivity index (χ4n) is 6.90. The number of ether oxygens (including phenoxy) is 2. The number of hydrogen-bond acceptors (Lipinski definition) is 9. The van der Waals surface area contributed by atoms with E-state index in [2.05, 4.69) is 15.4 Å². The largest absolute Gasteiger partial charge is 0.447 e. The number of benzene rings is 1. The second kappa shape index (κ2) is 14.0. The molecule has 3 aliphatic heterocycles. The molecule has 51 heavy (non-hydrogen) atoms. The van der Waals surface area contributed by atoms with E-state index in [9.17, 15) is 32.4 Å².